The number of aliphatic hydroxyl groups is 1. The molecule has 118 valence electrons. The number of aliphatic hydroxyl groups excluding tert-OH is 1. The topological polar surface area (TPSA) is 71.2 Å². The lowest BCUT2D eigenvalue weighted by molar-refractivity contribution is -0.140. The summed E-state index contributed by atoms with van der Waals surface area (Å²) in [7, 11) is 0. The van der Waals surface area contributed by atoms with Gasteiger partial charge in [-0.2, -0.15) is 0 Å². The first kappa shape index (κ1) is 15.2. The molecule has 2 aromatic rings. The van der Waals surface area contributed by atoms with E-state index in [0.717, 1.165) is 30.9 Å². The molecule has 7 heteroatoms. The summed E-state index contributed by atoms with van der Waals surface area (Å²) in [4.78, 5) is 22.4. The molecule has 22 heavy (non-hydrogen) atoms. The molecule has 3 heterocycles. The lowest BCUT2D eigenvalue weighted by atomic mass is 9.95. The molecule has 0 saturated carbocycles. The van der Waals surface area contributed by atoms with Crippen LogP contribution in [0, 0.1) is 0 Å². The van der Waals surface area contributed by atoms with Crippen LogP contribution in [0.2, 0.25) is 0 Å². The number of thiazole rings is 1. The van der Waals surface area contributed by atoms with Crippen molar-refractivity contribution in [3.63, 3.8) is 0 Å². The van der Waals surface area contributed by atoms with E-state index in [1.807, 2.05) is 23.3 Å². The highest BCUT2D eigenvalue weighted by Gasteiger charge is 2.27. The summed E-state index contributed by atoms with van der Waals surface area (Å²) in [6.45, 7) is 3.62. The SMILES string of the molecule is CC(O)C(=O)N1CCC(c2nccn2Cc2cscn2)CC1. The quantitative estimate of drug-likeness (QED) is 0.926. The Hall–Kier alpha value is -1.73. The number of likely N-dealkylation sites (tertiary alicyclic amines) is 1. The Bertz CT molecular complexity index is 615. The van der Waals surface area contributed by atoms with E-state index in [-0.39, 0.29) is 5.91 Å². The van der Waals surface area contributed by atoms with Crippen LogP contribution in [0.1, 0.15) is 37.2 Å². The van der Waals surface area contributed by atoms with Crippen LogP contribution in [0.3, 0.4) is 0 Å². The number of aromatic nitrogens is 3. The van der Waals surface area contributed by atoms with Crippen molar-refractivity contribution in [3.05, 3.63) is 34.8 Å². The van der Waals surface area contributed by atoms with Gasteiger partial charge in [0.25, 0.3) is 5.91 Å². The van der Waals surface area contributed by atoms with E-state index in [4.69, 9.17) is 0 Å². The standard InChI is InChI=1S/C15H20N4O2S/c1-11(20)15(21)18-5-2-12(3-6-18)14-16-4-7-19(14)8-13-9-22-10-17-13/h4,7,9-12,20H,2-3,5-6,8H2,1H3. The van der Waals surface area contributed by atoms with Gasteiger partial charge < -0.3 is 14.6 Å². The Morgan fingerprint density at radius 2 is 2.23 bits per heavy atom. The van der Waals surface area contributed by atoms with Gasteiger partial charge in [-0.25, -0.2) is 9.97 Å². The molecule has 6 nitrogen and oxygen atoms in total. The summed E-state index contributed by atoms with van der Waals surface area (Å²) in [5.41, 5.74) is 2.89. The van der Waals surface area contributed by atoms with E-state index < -0.39 is 6.10 Å². The monoisotopic (exact) mass is 320 g/mol. The highest BCUT2D eigenvalue weighted by atomic mass is 32.1. The van der Waals surface area contributed by atoms with Gasteiger partial charge in [0.05, 0.1) is 17.7 Å². The van der Waals surface area contributed by atoms with Crippen LogP contribution >= 0.6 is 11.3 Å². The molecular formula is C15H20N4O2S. The fourth-order valence-electron chi connectivity index (χ4n) is 2.93. The van der Waals surface area contributed by atoms with Crippen molar-refractivity contribution in [2.24, 2.45) is 0 Å². The van der Waals surface area contributed by atoms with Crippen LogP contribution in [0.5, 0.6) is 0 Å². The Kier molecular flexibility index (Phi) is 4.54. The van der Waals surface area contributed by atoms with Crippen molar-refractivity contribution in [2.75, 3.05) is 13.1 Å². The van der Waals surface area contributed by atoms with Gasteiger partial charge in [-0.1, -0.05) is 0 Å². The fraction of sp³-hybridized carbons (Fsp3) is 0.533. The van der Waals surface area contributed by atoms with Gasteiger partial charge >= 0.3 is 0 Å². The fourth-order valence-corrected chi connectivity index (χ4v) is 3.48. The average Bonchev–Trinajstić information content (AvgIpc) is 3.19. The molecule has 0 spiro atoms. The predicted molar refractivity (Wildman–Crippen MR) is 83.7 cm³/mol. The van der Waals surface area contributed by atoms with Crippen molar-refractivity contribution in [1.29, 1.82) is 0 Å². The summed E-state index contributed by atoms with van der Waals surface area (Å²) in [6.07, 6.45) is 4.67. The normalized spacial score (nSPS) is 17.6. The number of amides is 1. The minimum absolute atomic E-state index is 0.177. The van der Waals surface area contributed by atoms with Crippen LogP contribution in [0.15, 0.2) is 23.3 Å². The van der Waals surface area contributed by atoms with Gasteiger partial charge in [0.2, 0.25) is 0 Å². The second-order valence-corrected chi connectivity index (χ2v) is 6.39. The van der Waals surface area contributed by atoms with Crippen molar-refractivity contribution >= 4 is 17.2 Å². The Labute approximate surface area is 133 Å². The molecule has 1 aliphatic heterocycles. The Morgan fingerprint density at radius 1 is 1.45 bits per heavy atom. The number of rotatable bonds is 4. The number of carbonyl (C=O) groups excluding carboxylic acids is 1. The second-order valence-electron chi connectivity index (χ2n) is 5.67. The maximum Gasteiger partial charge on any atom is 0.251 e. The van der Waals surface area contributed by atoms with Gasteiger partial charge in [-0.15, -0.1) is 11.3 Å². The summed E-state index contributed by atoms with van der Waals surface area (Å²) in [5.74, 6) is 1.24. The lowest BCUT2D eigenvalue weighted by Crippen LogP contribution is -2.42. The van der Waals surface area contributed by atoms with Gasteiger partial charge in [-0.3, -0.25) is 4.79 Å². The molecule has 0 bridgehead atoms. The van der Waals surface area contributed by atoms with Crippen LogP contribution < -0.4 is 0 Å². The summed E-state index contributed by atoms with van der Waals surface area (Å²) in [5, 5.41) is 11.4. The number of nitrogens with zero attached hydrogens (tertiary/aromatic N) is 4. The van der Waals surface area contributed by atoms with Crippen LogP contribution in [0.25, 0.3) is 0 Å². The molecule has 0 aromatic carbocycles. The molecule has 0 radical (unpaired) electrons. The Morgan fingerprint density at radius 3 is 2.86 bits per heavy atom. The first-order chi connectivity index (χ1) is 10.6. The van der Waals surface area contributed by atoms with Crippen molar-refractivity contribution in [1.82, 2.24) is 19.4 Å². The largest absolute Gasteiger partial charge is 0.384 e. The van der Waals surface area contributed by atoms with E-state index in [1.54, 1.807) is 16.2 Å². The predicted octanol–water partition coefficient (Wildman–Crippen LogP) is 1.47. The summed E-state index contributed by atoms with van der Waals surface area (Å²) in [6, 6.07) is 0. The third-order valence-corrected chi connectivity index (χ3v) is 4.73. The van der Waals surface area contributed by atoms with Crippen molar-refractivity contribution in [2.45, 2.75) is 38.3 Å². The number of carbonyl (C=O) groups is 1. The molecule has 1 aliphatic rings. The molecular weight excluding hydrogens is 300 g/mol. The molecule has 0 aliphatic carbocycles. The third kappa shape index (κ3) is 3.20. The first-order valence-electron chi connectivity index (χ1n) is 7.50. The maximum atomic E-state index is 11.8. The maximum absolute atomic E-state index is 11.8. The average molecular weight is 320 g/mol. The highest BCUT2D eigenvalue weighted by Crippen LogP contribution is 2.27. The molecule has 1 unspecified atom stereocenters. The van der Waals surface area contributed by atoms with E-state index >= 15 is 0 Å². The smallest absolute Gasteiger partial charge is 0.251 e. The van der Waals surface area contributed by atoms with Crippen LogP contribution in [-0.4, -0.2) is 49.6 Å². The van der Waals surface area contributed by atoms with Gasteiger partial charge in [-0.05, 0) is 19.8 Å². The minimum Gasteiger partial charge on any atom is -0.384 e. The van der Waals surface area contributed by atoms with Crippen LogP contribution in [-0.2, 0) is 11.3 Å². The number of piperidine rings is 1. The van der Waals surface area contributed by atoms with E-state index in [0.29, 0.717) is 19.0 Å². The summed E-state index contributed by atoms with van der Waals surface area (Å²) < 4.78 is 2.14. The number of hydrogen-bond donors (Lipinski definition) is 1. The van der Waals surface area contributed by atoms with Gasteiger partial charge in [0.1, 0.15) is 11.9 Å². The molecule has 3 rings (SSSR count). The van der Waals surface area contributed by atoms with Gasteiger partial charge in [0.15, 0.2) is 0 Å². The first-order valence-corrected chi connectivity index (χ1v) is 8.44. The molecule has 1 N–H and O–H groups in total. The van der Waals surface area contributed by atoms with Crippen molar-refractivity contribution in [3.8, 4) is 0 Å². The number of imidazole rings is 1. The van der Waals surface area contributed by atoms with Gasteiger partial charge in [0, 0.05) is 36.8 Å². The second kappa shape index (κ2) is 6.58. The molecule has 1 fully saturated rings. The molecule has 2 aromatic heterocycles. The zero-order valence-electron chi connectivity index (χ0n) is 12.6. The molecule has 1 saturated heterocycles. The zero-order chi connectivity index (χ0) is 15.5. The minimum atomic E-state index is -0.914. The van der Waals surface area contributed by atoms with Crippen molar-refractivity contribution < 1.29 is 9.90 Å². The molecule has 1 amide bonds. The Balaban J connectivity index is 1.64. The van der Waals surface area contributed by atoms with E-state index in [9.17, 15) is 9.90 Å². The molecule has 1 atom stereocenters. The summed E-state index contributed by atoms with van der Waals surface area (Å²) >= 11 is 1.60. The van der Waals surface area contributed by atoms with E-state index in [2.05, 4.69) is 14.5 Å². The number of hydrogen-bond acceptors (Lipinski definition) is 5. The van der Waals surface area contributed by atoms with Crippen LogP contribution in [0.4, 0.5) is 0 Å². The zero-order valence-corrected chi connectivity index (χ0v) is 13.4. The highest BCUT2D eigenvalue weighted by molar-refractivity contribution is 7.07. The van der Waals surface area contributed by atoms with E-state index in [1.165, 1.54) is 6.92 Å². The lowest BCUT2D eigenvalue weighted by Gasteiger charge is -2.32. The third-order valence-electron chi connectivity index (χ3n) is 4.09.